The van der Waals surface area contributed by atoms with Crippen LogP contribution in [0.4, 0.5) is 0 Å². The molecule has 0 radical (unpaired) electrons. The molecule has 18 heavy (non-hydrogen) atoms. The number of hydrogen-bond acceptors (Lipinski definition) is 3. The summed E-state index contributed by atoms with van der Waals surface area (Å²) in [6.45, 7) is 1.78. The second-order valence-electron chi connectivity index (χ2n) is 3.70. The Hall–Kier alpha value is -1.33. The Balaban J connectivity index is 2.58. The van der Waals surface area contributed by atoms with E-state index in [2.05, 4.69) is 25.9 Å². The first-order valence-electron chi connectivity index (χ1n) is 5.30. The van der Waals surface area contributed by atoms with Crippen LogP contribution in [-0.2, 0) is 6.42 Å². The maximum atomic E-state index is 11.7. The highest BCUT2D eigenvalue weighted by atomic mass is 79.9. The van der Waals surface area contributed by atoms with Crippen LogP contribution in [0.25, 0.3) is 11.4 Å². The van der Waals surface area contributed by atoms with Crippen molar-refractivity contribution in [2.24, 2.45) is 0 Å². The molecule has 4 nitrogen and oxygen atoms in total. The van der Waals surface area contributed by atoms with E-state index in [9.17, 15) is 9.90 Å². The highest BCUT2D eigenvalue weighted by molar-refractivity contribution is 9.10. The van der Waals surface area contributed by atoms with E-state index in [-0.39, 0.29) is 17.0 Å². The summed E-state index contributed by atoms with van der Waals surface area (Å²) < 4.78 is 0.754. The first-order chi connectivity index (χ1) is 8.52. The Morgan fingerprint density at radius 1 is 1.50 bits per heavy atom. The first-order valence-corrected chi connectivity index (χ1v) is 6.47. The molecule has 0 saturated carbocycles. The lowest BCUT2D eigenvalue weighted by atomic mass is 10.2. The van der Waals surface area contributed by atoms with Crippen LogP contribution in [0.15, 0.2) is 27.5 Å². The van der Waals surface area contributed by atoms with E-state index in [1.165, 1.54) is 0 Å². The predicted octanol–water partition coefficient (Wildman–Crippen LogP) is 3.12. The van der Waals surface area contributed by atoms with E-state index >= 15 is 0 Å². The molecule has 0 aliphatic carbocycles. The molecule has 0 unspecified atom stereocenters. The Kier molecular flexibility index (Phi) is 3.73. The zero-order valence-corrected chi connectivity index (χ0v) is 11.8. The molecule has 2 N–H and O–H groups in total. The molecule has 0 amide bonds. The number of nitrogens with one attached hydrogen (secondary N) is 1. The zero-order chi connectivity index (χ0) is 13.3. The second-order valence-corrected chi connectivity index (χ2v) is 4.96. The second kappa shape index (κ2) is 5.12. The van der Waals surface area contributed by atoms with Gasteiger partial charge in [-0.3, -0.25) is 4.79 Å². The topological polar surface area (TPSA) is 66.0 Å². The first kappa shape index (κ1) is 13.1. The van der Waals surface area contributed by atoms with Gasteiger partial charge in [-0.25, -0.2) is 0 Å². The van der Waals surface area contributed by atoms with E-state index in [1.807, 2.05) is 0 Å². The molecule has 0 bridgehead atoms. The highest BCUT2D eigenvalue weighted by Crippen LogP contribution is 2.27. The van der Waals surface area contributed by atoms with Crippen LogP contribution in [0.2, 0.25) is 5.02 Å². The van der Waals surface area contributed by atoms with Gasteiger partial charge in [0.1, 0.15) is 5.82 Å². The molecule has 0 spiro atoms. The number of hydrogen-bond donors (Lipinski definition) is 2. The number of benzene rings is 1. The molecule has 0 fully saturated rings. The molecular formula is C12H10BrClN2O2. The standard InChI is InChI=1S/C12H10BrClN2O2/c1-2-7-11(17)15-10(16-12(7)18)6-3-4-8(13)9(14)5-6/h3-5H,2H2,1H3,(H2,15,16,17,18). The zero-order valence-electron chi connectivity index (χ0n) is 9.50. The minimum Gasteiger partial charge on any atom is -0.493 e. The quantitative estimate of drug-likeness (QED) is 0.889. The fraction of sp³-hybridized carbons (Fsp3) is 0.167. The van der Waals surface area contributed by atoms with Crippen LogP contribution >= 0.6 is 27.5 Å². The van der Waals surface area contributed by atoms with Crippen molar-refractivity contribution in [2.75, 3.05) is 0 Å². The fourth-order valence-corrected chi connectivity index (χ4v) is 2.01. The van der Waals surface area contributed by atoms with Gasteiger partial charge in [-0.15, -0.1) is 0 Å². The summed E-state index contributed by atoms with van der Waals surface area (Å²) in [5.41, 5.74) is 0.583. The largest absolute Gasteiger partial charge is 0.493 e. The third-order valence-corrected chi connectivity index (χ3v) is 3.77. The Morgan fingerprint density at radius 2 is 2.22 bits per heavy atom. The van der Waals surface area contributed by atoms with Crippen molar-refractivity contribution >= 4 is 27.5 Å². The lowest BCUT2D eigenvalue weighted by Gasteiger charge is -2.05. The molecule has 0 saturated heterocycles. The Bertz CT molecular complexity index is 655. The van der Waals surface area contributed by atoms with Crippen LogP contribution in [-0.4, -0.2) is 15.1 Å². The number of halogens is 2. The maximum absolute atomic E-state index is 11.7. The summed E-state index contributed by atoms with van der Waals surface area (Å²) in [4.78, 5) is 18.3. The monoisotopic (exact) mass is 328 g/mol. The molecule has 1 aromatic carbocycles. The van der Waals surface area contributed by atoms with Crippen LogP contribution in [0.5, 0.6) is 5.88 Å². The van der Waals surface area contributed by atoms with Crippen molar-refractivity contribution in [3.63, 3.8) is 0 Å². The van der Waals surface area contributed by atoms with Crippen LogP contribution < -0.4 is 5.56 Å². The van der Waals surface area contributed by atoms with Gasteiger partial charge in [0.15, 0.2) is 0 Å². The average molecular weight is 330 g/mol. The van der Waals surface area contributed by atoms with Gasteiger partial charge < -0.3 is 10.1 Å². The van der Waals surface area contributed by atoms with E-state index in [0.29, 0.717) is 22.8 Å². The van der Waals surface area contributed by atoms with Gasteiger partial charge in [0, 0.05) is 10.0 Å². The lowest BCUT2D eigenvalue weighted by molar-refractivity contribution is 0.444. The van der Waals surface area contributed by atoms with E-state index in [4.69, 9.17) is 11.6 Å². The molecule has 94 valence electrons. The van der Waals surface area contributed by atoms with E-state index in [1.54, 1.807) is 25.1 Å². The normalized spacial score (nSPS) is 10.6. The number of aromatic hydroxyl groups is 1. The number of nitrogens with zero attached hydrogens (tertiary/aromatic N) is 1. The highest BCUT2D eigenvalue weighted by Gasteiger charge is 2.10. The van der Waals surface area contributed by atoms with Gasteiger partial charge in [0.2, 0.25) is 5.88 Å². The van der Waals surface area contributed by atoms with Crippen molar-refractivity contribution in [1.29, 1.82) is 0 Å². The van der Waals surface area contributed by atoms with Crippen LogP contribution in [0.1, 0.15) is 12.5 Å². The van der Waals surface area contributed by atoms with Crippen molar-refractivity contribution < 1.29 is 5.11 Å². The molecule has 0 aliphatic rings. The number of H-pyrrole nitrogens is 1. The third-order valence-electron chi connectivity index (χ3n) is 2.54. The summed E-state index contributed by atoms with van der Waals surface area (Å²) in [7, 11) is 0. The Labute approximate surface area is 117 Å². The van der Waals surface area contributed by atoms with Crippen molar-refractivity contribution in [3.8, 4) is 17.3 Å². The summed E-state index contributed by atoms with van der Waals surface area (Å²) in [5.74, 6) is 0.0550. The molecule has 2 rings (SSSR count). The number of aromatic nitrogens is 2. The maximum Gasteiger partial charge on any atom is 0.258 e. The van der Waals surface area contributed by atoms with E-state index < -0.39 is 0 Å². The molecular weight excluding hydrogens is 320 g/mol. The minimum atomic E-state index is -0.334. The number of rotatable bonds is 2. The minimum absolute atomic E-state index is 0.240. The van der Waals surface area contributed by atoms with Crippen LogP contribution in [0, 0.1) is 0 Å². The van der Waals surface area contributed by atoms with E-state index in [0.717, 1.165) is 4.47 Å². The Morgan fingerprint density at radius 3 is 2.78 bits per heavy atom. The SMILES string of the molecule is CCc1c(O)nc(-c2ccc(Br)c(Cl)c2)[nH]c1=O. The van der Waals surface area contributed by atoms with Gasteiger partial charge in [-0.05, 0) is 34.5 Å². The summed E-state index contributed by atoms with van der Waals surface area (Å²) in [5, 5.41) is 10.2. The number of aromatic amines is 1. The smallest absolute Gasteiger partial charge is 0.258 e. The molecule has 2 aromatic rings. The average Bonchev–Trinajstić information content (AvgIpc) is 2.32. The third kappa shape index (κ3) is 2.42. The van der Waals surface area contributed by atoms with Gasteiger partial charge in [-0.1, -0.05) is 24.6 Å². The van der Waals surface area contributed by atoms with Crippen molar-refractivity contribution in [1.82, 2.24) is 9.97 Å². The summed E-state index contributed by atoms with van der Waals surface area (Å²) in [6, 6.07) is 5.16. The lowest BCUT2D eigenvalue weighted by Crippen LogP contribution is -2.14. The summed E-state index contributed by atoms with van der Waals surface area (Å²) >= 11 is 9.25. The van der Waals surface area contributed by atoms with Crippen LogP contribution in [0.3, 0.4) is 0 Å². The predicted molar refractivity (Wildman–Crippen MR) is 74.0 cm³/mol. The van der Waals surface area contributed by atoms with Gasteiger partial charge >= 0.3 is 0 Å². The van der Waals surface area contributed by atoms with Gasteiger partial charge in [0.05, 0.1) is 10.6 Å². The van der Waals surface area contributed by atoms with Gasteiger partial charge in [-0.2, -0.15) is 4.98 Å². The molecule has 0 atom stereocenters. The van der Waals surface area contributed by atoms with Gasteiger partial charge in [0.25, 0.3) is 5.56 Å². The van der Waals surface area contributed by atoms with Crippen molar-refractivity contribution in [2.45, 2.75) is 13.3 Å². The molecule has 6 heteroatoms. The molecule has 1 aromatic heterocycles. The molecule has 1 heterocycles. The summed E-state index contributed by atoms with van der Waals surface area (Å²) in [6.07, 6.45) is 0.426. The fourth-order valence-electron chi connectivity index (χ4n) is 1.58. The molecule has 0 aliphatic heterocycles. The van der Waals surface area contributed by atoms with Crippen molar-refractivity contribution in [3.05, 3.63) is 43.6 Å².